The fraction of sp³-hybridized carbons (Fsp3) is 0.259. The summed E-state index contributed by atoms with van der Waals surface area (Å²) in [4.78, 5) is 1.14. The summed E-state index contributed by atoms with van der Waals surface area (Å²) in [7, 11) is 1.69. The van der Waals surface area contributed by atoms with Crippen molar-refractivity contribution in [2.75, 3.05) is 7.11 Å². The van der Waals surface area contributed by atoms with Gasteiger partial charge in [-0.25, -0.2) is 0 Å². The maximum absolute atomic E-state index is 6.40. The number of fused-ring (bicyclic) bond motifs is 1. The molecule has 4 aromatic rings. The Labute approximate surface area is 199 Å². The standard InChI is InChI=1S/C23H19BrO2S.2C2H6/c1-15-5-3-4-6-19(15)23-22(26-17-9-7-16(14-24)8-10-17)20-12-11-18(25-2)13-21(20)27-23;2*1-2/h3-13H,14H2,1-2H3;2*1-2H3. The van der Waals surface area contributed by atoms with Crippen molar-refractivity contribution >= 4 is 37.4 Å². The Hall–Kier alpha value is -2.30. The first-order valence-corrected chi connectivity index (χ1v) is 12.6. The number of hydrogen-bond acceptors (Lipinski definition) is 3. The summed E-state index contributed by atoms with van der Waals surface area (Å²) in [5.74, 6) is 2.59. The van der Waals surface area contributed by atoms with Gasteiger partial charge in [0.2, 0.25) is 0 Å². The van der Waals surface area contributed by atoms with Crippen molar-refractivity contribution in [3.8, 4) is 27.7 Å². The molecule has 0 aliphatic heterocycles. The first-order chi connectivity index (χ1) is 15.2. The molecule has 0 amide bonds. The van der Waals surface area contributed by atoms with Crippen LogP contribution in [-0.4, -0.2) is 7.11 Å². The summed E-state index contributed by atoms with van der Waals surface area (Å²) in [6.45, 7) is 10.1. The van der Waals surface area contributed by atoms with Crippen molar-refractivity contribution in [1.29, 1.82) is 0 Å². The van der Waals surface area contributed by atoms with Crippen molar-refractivity contribution in [1.82, 2.24) is 0 Å². The van der Waals surface area contributed by atoms with E-state index in [-0.39, 0.29) is 0 Å². The van der Waals surface area contributed by atoms with Crippen LogP contribution < -0.4 is 9.47 Å². The maximum atomic E-state index is 6.40. The van der Waals surface area contributed by atoms with E-state index >= 15 is 0 Å². The molecule has 4 rings (SSSR count). The Morgan fingerprint density at radius 1 is 0.839 bits per heavy atom. The lowest BCUT2D eigenvalue weighted by Crippen LogP contribution is -1.88. The summed E-state index contributed by atoms with van der Waals surface area (Å²) < 4.78 is 13.0. The molecule has 0 atom stereocenters. The van der Waals surface area contributed by atoms with E-state index in [1.54, 1.807) is 18.4 Å². The van der Waals surface area contributed by atoms with Crippen LogP contribution in [0.25, 0.3) is 20.5 Å². The monoisotopic (exact) mass is 498 g/mol. The van der Waals surface area contributed by atoms with Crippen molar-refractivity contribution in [3.05, 3.63) is 77.9 Å². The number of halogens is 1. The van der Waals surface area contributed by atoms with Gasteiger partial charge in [-0.3, -0.25) is 0 Å². The van der Waals surface area contributed by atoms with Crippen LogP contribution in [0.2, 0.25) is 0 Å². The number of hydrogen-bond donors (Lipinski definition) is 0. The summed E-state index contributed by atoms with van der Waals surface area (Å²) in [6, 6.07) is 22.7. The second kappa shape index (κ2) is 12.5. The molecular formula is C27H31BrO2S. The molecule has 3 aromatic carbocycles. The van der Waals surface area contributed by atoms with E-state index in [2.05, 4.69) is 71.4 Å². The van der Waals surface area contributed by atoms with E-state index in [4.69, 9.17) is 9.47 Å². The number of thiophene rings is 1. The van der Waals surface area contributed by atoms with E-state index in [0.29, 0.717) is 0 Å². The molecule has 0 spiro atoms. The first kappa shape index (κ1) is 25.0. The highest BCUT2D eigenvalue weighted by atomic mass is 79.9. The molecule has 1 heterocycles. The molecule has 31 heavy (non-hydrogen) atoms. The summed E-state index contributed by atoms with van der Waals surface area (Å²) in [5.41, 5.74) is 3.65. The second-order valence-corrected chi connectivity index (χ2v) is 7.93. The van der Waals surface area contributed by atoms with Crippen LogP contribution in [0.4, 0.5) is 0 Å². The zero-order chi connectivity index (χ0) is 22.8. The van der Waals surface area contributed by atoms with Crippen LogP contribution >= 0.6 is 27.3 Å². The first-order valence-electron chi connectivity index (χ1n) is 10.7. The van der Waals surface area contributed by atoms with Crippen LogP contribution in [0.3, 0.4) is 0 Å². The lowest BCUT2D eigenvalue weighted by molar-refractivity contribution is 0.415. The third-order valence-electron chi connectivity index (χ3n) is 4.54. The minimum Gasteiger partial charge on any atom is -0.497 e. The number of benzene rings is 3. The SMILES string of the molecule is CC.CC.COc1ccc2c(Oc3ccc(CBr)cc3)c(-c3ccccc3C)sc2c1. The maximum Gasteiger partial charge on any atom is 0.153 e. The molecule has 0 saturated heterocycles. The lowest BCUT2D eigenvalue weighted by atomic mass is 10.1. The Kier molecular flexibility index (Phi) is 10.1. The molecule has 0 N–H and O–H groups in total. The average molecular weight is 500 g/mol. The second-order valence-electron chi connectivity index (χ2n) is 6.32. The zero-order valence-corrected chi connectivity index (χ0v) is 21.6. The van der Waals surface area contributed by atoms with Crippen LogP contribution in [0.5, 0.6) is 17.2 Å². The predicted molar refractivity (Wildman–Crippen MR) is 140 cm³/mol. The van der Waals surface area contributed by atoms with Gasteiger partial charge in [0.25, 0.3) is 0 Å². The molecule has 0 bridgehead atoms. The van der Waals surface area contributed by atoms with Gasteiger partial charge in [-0.05, 0) is 53.9 Å². The van der Waals surface area contributed by atoms with Gasteiger partial charge in [0.15, 0.2) is 5.75 Å². The van der Waals surface area contributed by atoms with Gasteiger partial charge < -0.3 is 9.47 Å². The van der Waals surface area contributed by atoms with Gasteiger partial charge in [-0.15, -0.1) is 11.3 Å². The predicted octanol–water partition coefficient (Wildman–Crippen LogP) is 9.62. The molecule has 4 heteroatoms. The van der Waals surface area contributed by atoms with Crippen LogP contribution in [-0.2, 0) is 5.33 Å². The number of aryl methyl sites for hydroxylation is 1. The van der Waals surface area contributed by atoms with E-state index in [1.807, 2.05) is 45.9 Å². The molecule has 0 aliphatic carbocycles. The number of ether oxygens (including phenoxy) is 2. The normalized spacial score (nSPS) is 9.90. The Bertz CT molecular complexity index is 1080. The van der Waals surface area contributed by atoms with Gasteiger partial charge in [0, 0.05) is 15.4 Å². The lowest BCUT2D eigenvalue weighted by Gasteiger charge is -2.10. The Balaban J connectivity index is 0.000000807. The molecule has 1 aromatic heterocycles. The molecule has 2 nitrogen and oxygen atoms in total. The highest BCUT2D eigenvalue weighted by Crippen LogP contribution is 2.47. The molecule has 164 valence electrons. The highest BCUT2D eigenvalue weighted by molar-refractivity contribution is 9.08. The van der Waals surface area contributed by atoms with Crippen molar-refractivity contribution in [2.45, 2.75) is 39.9 Å². The minimum atomic E-state index is 0.836. The molecule has 0 saturated carbocycles. The zero-order valence-electron chi connectivity index (χ0n) is 19.2. The van der Waals surface area contributed by atoms with E-state index in [1.165, 1.54) is 16.7 Å². The molecule has 0 unspecified atom stereocenters. The van der Waals surface area contributed by atoms with Gasteiger partial charge in [-0.2, -0.15) is 0 Å². The van der Waals surface area contributed by atoms with Gasteiger partial charge in [0.1, 0.15) is 11.5 Å². The van der Waals surface area contributed by atoms with Crippen molar-refractivity contribution in [2.24, 2.45) is 0 Å². The van der Waals surface area contributed by atoms with Crippen LogP contribution in [0.15, 0.2) is 66.7 Å². The summed E-state index contributed by atoms with van der Waals surface area (Å²) in [6.07, 6.45) is 0. The Morgan fingerprint density at radius 3 is 2.10 bits per heavy atom. The summed E-state index contributed by atoms with van der Waals surface area (Å²) >= 11 is 5.22. The third-order valence-corrected chi connectivity index (χ3v) is 6.35. The third kappa shape index (κ3) is 5.90. The largest absolute Gasteiger partial charge is 0.497 e. The molecule has 0 aliphatic rings. The highest BCUT2D eigenvalue weighted by Gasteiger charge is 2.18. The molecular weight excluding hydrogens is 468 g/mol. The molecule has 0 fully saturated rings. The number of alkyl halides is 1. The fourth-order valence-electron chi connectivity index (χ4n) is 3.05. The smallest absolute Gasteiger partial charge is 0.153 e. The van der Waals surface area contributed by atoms with Gasteiger partial charge >= 0.3 is 0 Å². The topological polar surface area (TPSA) is 18.5 Å². The van der Waals surface area contributed by atoms with Crippen LogP contribution in [0.1, 0.15) is 38.8 Å². The minimum absolute atomic E-state index is 0.836. The Morgan fingerprint density at radius 2 is 1.48 bits per heavy atom. The van der Waals surface area contributed by atoms with Crippen molar-refractivity contribution < 1.29 is 9.47 Å². The molecule has 0 radical (unpaired) electrons. The van der Waals surface area contributed by atoms with E-state index in [0.717, 1.165) is 37.5 Å². The van der Waals surface area contributed by atoms with Crippen LogP contribution in [0, 0.1) is 6.92 Å². The summed E-state index contributed by atoms with van der Waals surface area (Å²) in [5, 5.41) is 1.94. The van der Waals surface area contributed by atoms with E-state index in [9.17, 15) is 0 Å². The average Bonchev–Trinajstić information content (AvgIpc) is 3.19. The quantitative estimate of drug-likeness (QED) is 0.255. The van der Waals surface area contributed by atoms with Gasteiger partial charge in [0.05, 0.1) is 12.0 Å². The van der Waals surface area contributed by atoms with Crippen molar-refractivity contribution in [3.63, 3.8) is 0 Å². The van der Waals surface area contributed by atoms with E-state index < -0.39 is 0 Å². The fourth-order valence-corrected chi connectivity index (χ4v) is 4.67. The number of methoxy groups -OCH3 is 1. The van der Waals surface area contributed by atoms with Gasteiger partial charge in [-0.1, -0.05) is 80.0 Å². The number of rotatable bonds is 5.